The van der Waals surface area contributed by atoms with Crippen molar-refractivity contribution in [1.82, 2.24) is 10.2 Å². The van der Waals surface area contributed by atoms with Crippen molar-refractivity contribution >= 4 is 35.0 Å². The van der Waals surface area contributed by atoms with Crippen LogP contribution in [0, 0.1) is 0 Å². The molecule has 0 spiro atoms. The molecule has 3 aromatic carbocycles. The van der Waals surface area contributed by atoms with Crippen LogP contribution in [-0.2, 0) is 29.0 Å². The minimum Gasteiger partial charge on any atom is -0.352 e. The van der Waals surface area contributed by atoms with Gasteiger partial charge in [-0.25, -0.2) is 0 Å². The van der Waals surface area contributed by atoms with E-state index in [1.165, 1.54) is 5.56 Å². The molecule has 1 fully saturated rings. The van der Waals surface area contributed by atoms with Gasteiger partial charge < -0.3 is 10.2 Å². The number of aryl methyl sites for hydroxylation is 1. The van der Waals surface area contributed by atoms with Gasteiger partial charge in [-0.15, -0.1) is 0 Å². The van der Waals surface area contributed by atoms with E-state index in [9.17, 15) is 9.59 Å². The fraction of sp³-hybridized carbons (Fsp3) is 0.394. The van der Waals surface area contributed by atoms with E-state index in [2.05, 4.69) is 43.4 Å². The number of amides is 2. The van der Waals surface area contributed by atoms with Crippen LogP contribution in [0.5, 0.6) is 0 Å². The Hall–Kier alpha value is -2.82. The molecule has 0 radical (unpaired) electrons. The maximum absolute atomic E-state index is 13.9. The van der Waals surface area contributed by atoms with E-state index >= 15 is 0 Å². The number of nitrogens with zero attached hydrogens (tertiary/aromatic N) is 1. The first-order valence-corrected chi connectivity index (χ1v) is 14.7. The molecule has 4 nitrogen and oxygen atoms in total. The van der Waals surface area contributed by atoms with Crippen molar-refractivity contribution in [2.24, 2.45) is 0 Å². The summed E-state index contributed by atoms with van der Waals surface area (Å²) < 4.78 is 0. The molecule has 6 heteroatoms. The number of hydrogen-bond donors (Lipinski definition) is 1. The smallest absolute Gasteiger partial charge is 0.243 e. The van der Waals surface area contributed by atoms with Gasteiger partial charge in [0.05, 0.1) is 10.0 Å². The zero-order valence-corrected chi connectivity index (χ0v) is 24.3. The minimum atomic E-state index is -0.640. The van der Waals surface area contributed by atoms with Gasteiger partial charge in [0.15, 0.2) is 0 Å². The van der Waals surface area contributed by atoms with E-state index in [-0.39, 0.29) is 24.4 Å². The Morgan fingerprint density at radius 3 is 2.18 bits per heavy atom. The molecule has 0 aromatic heterocycles. The zero-order chi connectivity index (χ0) is 27.8. The first-order chi connectivity index (χ1) is 18.8. The van der Waals surface area contributed by atoms with Crippen molar-refractivity contribution in [3.05, 3.63) is 105 Å². The second-order valence-corrected chi connectivity index (χ2v) is 11.7. The molecule has 39 heavy (non-hydrogen) atoms. The van der Waals surface area contributed by atoms with Gasteiger partial charge in [0.25, 0.3) is 0 Å². The minimum absolute atomic E-state index is 0.0588. The highest BCUT2D eigenvalue weighted by Gasteiger charge is 2.32. The molecule has 206 valence electrons. The normalized spacial score (nSPS) is 14.4. The molecule has 1 N–H and O–H groups in total. The molecule has 1 saturated carbocycles. The van der Waals surface area contributed by atoms with Crippen LogP contribution >= 0.6 is 23.2 Å². The van der Waals surface area contributed by atoms with Crippen molar-refractivity contribution in [2.75, 3.05) is 0 Å². The molecule has 4 rings (SSSR count). The van der Waals surface area contributed by atoms with E-state index in [1.54, 1.807) is 17.0 Å². The van der Waals surface area contributed by atoms with Gasteiger partial charge in [0.2, 0.25) is 11.8 Å². The van der Waals surface area contributed by atoms with Crippen LogP contribution in [0.2, 0.25) is 10.0 Å². The lowest BCUT2D eigenvalue weighted by molar-refractivity contribution is -0.141. The van der Waals surface area contributed by atoms with E-state index < -0.39 is 6.04 Å². The number of rotatable bonds is 11. The highest BCUT2D eigenvalue weighted by molar-refractivity contribution is 6.42. The monoisotopic (exact) mass is 564 g/mol. The molecular formula is C33H38Cl2N2O2. The van der Waals surface area contributed by atoms with Crippen LogP contribution in [0.3, 0.4) is 0 Å². The Morgan fingerprint density at radius 1 is 0.872 bits per heavy atom. The standard InChI is InChI=1S/C33H38Cl2N2O2/c1-23(2)27-16-12-24(13-17-27)15-19-32(38)37(22-26-14-18-29(34)30(35)20-26)31(21-25-8-4-3-5-9-25)33(39)36-28-10-6-7-11-28/h3-5,8-9,12-14,16-18,20,23,28,31H,6-7,10-11,15,19,21-22H2,1-2H3,(H,36,39)/t31-/m1/s1. The summed E-state index contributed by atoms with van der Waals surface area (Å²) in [6.07, 6.45) is 5.57. The molecule has 3 aromatic rings. The largest absolute Gasteiger partial charge is 0.352 e. The Kier molecular flexibility index (Phi) is 10.5. The Balaban J connectivity index is 1.60. The summed E-state index contributed by atoms with van der Waals surface area (Å²) >= 11 is 12.5. The Morgan fingerprint density at radius 2 is 1.54 bits per heavy atom. The molecular weight excluding hydrogens is 527 g/mol. The van der Waals surface area contributed by atoms with E-state index in [4.69, 9.17) is 23.2 Å². The molecule has 0 aliphatic heterocycles. The summed E-state index contributed by atoms with van der Waals surface area (Å²) in [5, 5.41) is 4.14. The third-order valence-electron chi connectivity index (χ3n) is 7.58. The summed E-state index contributed by atoms with van der Waals surface area (Å²) in [5.74, 6) is 0.302. The number of carbonyl (C=O) groups excluding carboxylic acids is 2. The SMILES string of the molecule is CC(C)c1ccc(CCC(=O)N(Cc2ccc(Cl)c(Cl)c2)[C@H](Cc2ccccc2)C(=O)NC2CCCC2)cc1. The van der Waals surface area contributed by atoms with Crippen molar-refractivity contribution in [2.45, 2.75) is 83.3 Å². The van der Waals surface area contributed by atoms with Crippen LogP contribution < -0.4 is 5.32 Å². The number of carbonyl (C=O) groups is 2. The maximum Gasteiger partial charge on any atom is 0.243 e. The topological polar surface area (TPSA) is 49.4 Å². The lowest BCUT2D eigenvalue weighted by atomic mass is 9.99. The van der Waals surface area contributed by atoms with Crippen LogP contribution in [0.15, 0.2) is 72.8 Å². The fourth-order valence-corrected chi connectivity index (χ4v) is 5.54. The molecule has 0 unspecified atom stereocenters. The highest BCUT2D eigenvalue weighted by Crippen LogP contribution is 2.25. The van der Waals surface area contributed by atoms with Gasteiger partial charge in [-0.3, -0.25) is 9.59 Å². The molecule has 1 atom stereocenters. The predicted molar refractivity (Wildman–Crippen MR) is 160 cm³/mol. The molecule has 1 aliphatic rings. The highest BCUT2D eigenvalue weighted by atomic mass is 35.5. The third-order valence-corrected chi connectivity index (χ3v) is 8.32. The number of benzene rings is 3. The molecule has 0 heterocycles. The molecule has 0 saturated heterocycles. The van der Waals surface area contributed by atoms with Crippen molar-refractivity contribution in [3.8, 4) is 0 Å². The molecule has 2 amide bonds. The molecule has 0 bridgehead atoms. The number of halogens is 2. The van der Waals surface area contributed by atoms with Gasteiger partial charge in [-0.2, -0.15) is 0 Å². The molecule has 1 aliphatic carbocycles. The summed E-state index contributed by atoms with van der Waals surface area (Å²) in [4.78, 5) is 29.4. The van der Waals surface area contributed by atoms with Crippen molar-refractivity contribution in [3.63, 3.8) is 0 Å². The maximum atomic E-state index is 13.9. The van der Waals surface area contributed by atoms with Crippen LogP contribution in [-0.4, -0.2) is 28.8 Å². The van der Waals surface area contributed by atoms with Gasteiger partial charge in [0.1, 0.15) is 6.04 Å². The number of hydrogen-bond acceptors (Lipinski definition) is 2. The first-order valence-electron chi connectivity index (χ1n) is 14.0. The number of nitrogens with one attached hydrogen (secondary N) is 1. The van der Waals surface area contributed by atoms with E-state index in [1.807, 2.05) is 36.4 Å². The first kappa shape index (κ1) is 29.2. The van der Waals surface area contributed by atoms with Crippen LogP contribution in [0.1, 0.15) is 74.1 Å². The fourth-order valence-electron chi connectivity index (χ4n) is 5.22. The summed E-state index contributed by atoms with van der Waals surface area (Å²) in [5.41, 5.74) is 4.24. The van der Waals surface area contributed by atoms with Crippen LogP contribution in [0.25, 0.3) is 0 Å². The van der Waals surface area contributed by atoms with Crippen LogP contribution in [0.4, 0.5) is 0 Å². The van der Waals surface area contributed by atoms with Crippen molar-refractivity contribution < 1.29 is 9.59 Å². The van der Waals surface area contributed by atoms with Gasteiger partial charge in [0, 0.05) is 25.4 Å². The Bertz CT molecular complexity index is 1240. The lowest BCUT2D eigenvalue weighted by Crippen LogP contribution is -2.52. The summed E-state index contributed by atoms with van der Waals surface area (Å²) in [7, 11) is 0. The van der Waals surface area contributed by atoms with E-state index in [0.717, 1.165) is 42.4 Å². The third kappa shape index (κ3) is 8.33. The van der Waals surface area contributed by atoms with Gasteiger partial charge in [-0.05, 0) is 59.6 Å². The lowest BCUT2D eigenvalue weighted by Gasteiger charge is -2.32. The van der Waals surface area contributed by atoms with Gasteiger partial charge in [-0.1, -0.05) is 111 Å². The summed E-state index contributed by atoms with van der Waals surface area (Å²) in [6, 6.07) is 23.3. The predicted octanol–water partition coefficient (Wildman–Crippen LogP) is 7.75. The Labute approximate surface area is 242 Å². The second-order valence-electron chi connectivity index (χ2n) is 10.9. The average molecular weight is 566 g/mol. The average Bonchev–Trinajstić information content (AvgIpc) is 3.45. The summed E-state index contributed by atoms with van der Waals surface area (Å²) in [6.45, 7) is 4.61. The van der Waals surface area contributed by atoms with Gasteiger partial charge >= 0.3 is 0 Å². The van der Waals surface area contributed by atoms with E-state index in [0.29, 0.717) is 35.2 Å². The zero-order valence-electron chi connectivity index (χ0n) is 22.8. The van der Waals surface area contributed by atoms with Crippen molar-refractivity contribution in [1.29, 1.82) is 0 Å². The quantitative estimate of drug-likeness (QED) is 0.259. The second kappa shape index (κ2) is 14.0.